The average molecular weight is 417 g/mol. The number of fused-ring (bicyclic) bond motifs is 1. The molecule has 2 N–H and O–H groups in total. The Kier molecular flexibility index (Phi) is 5.73. The van der Waals surface area contributed by atoms with Crippen LogP contribution in [-0.2, 0) is 19.0 Å². The number of piperidine rings is 1. The van der Waals surface area contributed by atoms with Crippen LogP contribution in [0.3, 0.4) is 0 Å². The average Bonchev–Trinajstić information content (AvgIpc) is 2.74. The van der Waals surface area contributed by atoms with Crippen molar-refractivity contribution in [3.05, 3.63) is 65.5 Å². The number of hydrogen-bond donors (Lipinski definition) is 2. The lowest BCUT2D eigenvalue weighted by atomic mass is 9.88. The molecular formula is C23H26F3N3O. The summed E-state index contributed by atoms with van der Waals surface area (Å²) in [7, 11) is 0. The number of nitrogens with one attached hydrogen (secondary N) is 1. The number of pyridine rings is 1. The molecule has 1 aromatic heterocycles. The Hall–Kier alpha value is -2.54. The van der Waals surface area contributed by atoms with Gasteiger partial charge in [0.15, 0.2) is 0 Å². The molecule has 1 aromatic carbocycles. The lowest BCUT2D eigenvalue weighted by Gasteiger charge is -2.34. The van der Waals surface area contributed by atoms with Gasteiger partial charge in [-0.2, -0.15) is 13.2 Å². The van der Waals surface area contributed by atoms with E-state index in [1.807, 2.05) is 17.0 Å². The van der Waals surface area contributed by atoms with Gasteiger partial charge in [0.1, 0.15) is 5.82 Å². The normalized spacial score (nSPS) is 20.0. The van der Waals surface area contributed by atoms with Crippen molar-refractivity contribution in [2.45, 2.75) is 44.4 Å². The van der Waals surface area contributed by atoms with Crippen LogP contribution in [0.1, 0.15) is 36.0 Å². The van der Waals surface area contributed by atoms with Crippen LogP contribution in [0, 0.1) is 5.92 Å². The minimum absolute atomic E-state index is 0.278. The lowest BCUT2D eigenvalue weighted by Crippen LogP contribution is -2.35. The van der Waals surface area contributed by atoms with E-state index in [1.165, 1.54) is 17.2 Å². The van der Waals surface area contributed by atoms with Crippen molar-refractivity contribution in [1.29, 1.82) is 0 Å². The fourth-order valence-corrected chi connectivity index (χ4v) is 4.36. The third-order valence-electron chi connectivity index (χ3n) is 6.14. The van der Waals surface area contributed by atoms with Gasteiger partial charge < -0.3 is 15.3 Å². The largest absolute Gasteiger partial charge is 0.417 e. The zero-order valence-electron chi connectivity index (χ0n) is 16.8. The molecule has 160 valence electrons. The number of hydrogen-bond acceptors (Lipinski definition) is 4. The maximum absolute atomic E-state index is 12.7. The van der Waals surface area contributed by atoms with Gasteiger partial charge >= 0.3 is 6.18 Å². The molecule has 7 heteroatoms. The summed E-state index contributed by atoms with van der Waals surface area (Å²) in [5, 5.41) is 13.5. The second-order valence-electron chi connectivity index (χ2n) is 8.15. The van der Waals surface area contributed by atoms with Gasteiger partial charge in [-0.1, -0.05) is 18.7 Å². The van der Waals surface area contributed by atoms with Gasteiger partial charge in [0.25, 0.3) is 0 Å². The maximum atomic E-state index is 12.7. The van der Waals surface area contributed by atoms with E-state index < -0.39 is 11.7 Å². The number of allylic oxidation sites excluding steroid dienone is 1. The summed E-state index contributed by atoms with van der Waals surface area (Å²) in [6.45, 7) is 5.68. The lowest BCUT2D eigenvalue weighted by molar-refractivity contribution is -0.137. The van der Waals surface area contributed by atoms with E-state index in [4.69, 9.17) is 0 Å². The Labute approximate surface area is 174 Å². The number of halogens is 3. The number of alkyl halides is 3. The van der Waals surface area contributed by atoms with E-state index in [1.54, 1.807) is 0 Å². The van der Waals surface area contributed by atoms with E-state index >= 15 is 0 Å². The van der Waals surface area contributed by atoms with Crippen molar-refractivity contribution in [3.8, 4) is 0 Å². The second-order valence-corrected chi connectivity index (χ2v) is 8.15. The molecule has 2 aromatic rings. The fourth-order valence-electron chi connectivity index (χ4n) is 4.36. The van der Waals surface area contributed by atoms with Gasteiger partial charge in [-0.25, -0.2) is 4.98 Å². The predicted molar refractivity (Wildman–Crippen MR) is 111 cm³/mol. The summed E-state index contributed by atoms with van der Waals surface area (Å²) in [4.78, 5) is 6.02. The molecular weight excluding hydrogens is 391 g/mol. The predicted octanol–water partition coefficient (Wildman–Crippen LogP) is 4.79. The molecule has 1 fully saturated rings. The number of aliphatic hydroxyl groups excluding tert-OH is 1. The molecule has 0 unspecified atom stereocenters. The maximum Gasteiger partial charge on any atom is 0.417 e. The second kappa shape index (κ2) is 8.30. The standard InChI is InChI=1S/C23H26F3N3O/c1-15(28-21-4-2-3-17-5-7-19(30)13-20(17)21)16-9-11-29(12-10-16)22-8-6-18(14-27-22)23(24,25)26/h2-4,6,8,14,16,19,28,30H,1,5,7,9-13H2/t19-/m1/s1. The first-order chi connectivity index (χ1) is 14.3. The molecule has 1 saturated heterocycles. The van der Waals surface area contributed by atoms with Gasteiger partial charge in [-0.15, -0.1) is 0 Å². The van der Waals surface area contributed by atoms with Crippen LogP contribution in [0.5, 0.6) is 0 Å². The van der Waals surface area contributed by atoms with Crippen molar-refractivity contribution in [3.63, 3.8) is 0 Å². The number of benzene rings is 1. The Morgan fingerprint density at radius 2 is 1.90 bits per heavy atom. The number of anilines is 2. The summed E-state index contributed by atoms with van der Waals surface area (Å²) < 4.78 is 38.2. The zero-order valence-corrected chi connectivity index (χ0v) is 16.8. The van der Waals surface area contributed by atoms with Gasteiger partial charge in [0, 0.05) is 43.0 Å². The molecule has 4 nitrogen and oxygen atoms in total. The summed E-state index contributed by atoms with van der Waals surface area (Å²) >= 11 is 0. The first-order valence-electron chi connectivity index (χ1n) is 10.3. The Balaban J connectivity index is 1.36. The molecule has 2 aliphatic rings. The molecule has 30 heavy (non-hydrogen) atoms. The Morgan fingerprint density at radius 1 is 1.13 bits per heavy atom. The van der Waals surface area contributed by atoms with Crippen molar-refractivity contribution in [2.24, 2.45) is 5.92 Å². The van der Waals surface area contributed by atoms with Crippen molar-refractivity contribution in [1.82, 2.24) is 4.98 Å². The van der Waals surface area contributed by atoms with Crippen LogP contribution >= 0.6 is 0 Å². The number of rotatable bonds is 4. The van der Waals surface area contributed by atoms with Crippen LogP contribution in [0.15, 0.2) is 48.8 Å². The van der Waals surface area contributed by atoms with Gasteiger partial charge in [0.2, 0.25) is 0 Å². The van der Waals surface area contributed by atoms with Gasteiger partial charge in [-0.05, 0) is 55.0 Å². The van der Waals surface area contributed by atoms with Crippen LogP contribution in [0.4, 0.5) is 24.7 Å². The molecule has 1 aliphatic heterocycles. The third kappa shape index (κ3) is 4.46. The molecule has 0 amide bonds. The first-order valence-corrected chi connectivity index (χ1v) is 10.3. The van der Waals surface area contributed by atoms with Crippen molar-refractivity contribution >= 4 is 11.5 Å². The highest BCUT2D eigenvalue weighted by atomic mass is 19.4. The Morgan fingerprint density at radius 3 is 2.57 bits per heavy atom. The molecule has 4 rings (SSSR count). The third-order valence-corrected chi connectivity index (χ3v) is 6.14. The van der Waals surface area contributed by atoms with Crippen molar-refractivity contribution in [2.75, 3.05) is 23.3 Å². The summed E-state index contributed by atoms with van der Waals surface area (Å²) in [5.74, 6) is 0.853. The minimum atomic E-state index is -4.37. The highest BCUT2D eigenvalue weighted by Gasteiger charge is 2.31. The van der Waals surface area contributed by atoms with E-state index in [0.717, 1.165) is 62.4 Å². The SMILES string of the molecule is C=C(Nc1cccc2c1C[C@H](O)CC2)C1CCN(c2ccc(C(F)(F)F)cn2)CC1. The van der Waals surface area contributed by atoms with E-state index in [2.05, 4.69) is 22.9 Å². The molecule has 0 saturated carbocycles. The van der Waals surface area contributed by atoms with Crippen LogP contribution in [0.2, 0.25) is 0 Å². The molecule has 2 heterocycles. The quantitative estimate of drug-likeness (QED) is 0.751. The summed E-state index contributed by atoms with van der Waals surface area (Å²) in [6, 6.07) is 8.71. The number of aryl methyl sites for hydroxylation is 1. The number of nitrogens with zero attached hydrogens (tertiary/aromatic N) is 2. The molecule has 0 spiro atoms. The van der Waals surface area contributed by atoms with Crippen molar-refractivity contribution < 1.29 is 18.3 Å². The van der Waals surface area contributed by atoms with Crippen LogP contribution in [-0.4, -0.2) is 29.3 Å². The highest BCUT2D eigenvalue weighted by Crippen LogP contribution is 2.33. The fraction of sp³-hybridized carbons (Fsp3) is 0.435. The number of aliphatic hydroxyl groups is 1. The summed E-state index contributed by atoms with van der Waals surface area (Å²) in [5.41, 5.74) is 3.69. The van der Waals surface area contributed by atoms with Gasteiger partial charge in [-0.3, -0.25) is 0 Å². The van der Waals surface area contributed by atoms with E-state index in [9.17, 15) is 18.3 Å². The minimum Gasteiger partial charge on any atom is -0.393 e. The smallest absolute Gasteiger partial charge is 0.393 e. The molecule has 0 bridgehead atoms. The number of aromatic nitrogens is 1. The highest BCUT2D eigenvalue weighted by molar-refractivity contribution is 5.59. The Bertz CT molecular complexity index is 903. The summed E-state index contributed by atoms with van der Waals surface area (Å²) in [6.07, 6.45) is 0.282. The van der Waals surface area contributed by atoms with Gasteiger partial charge in [0.05, 0.1) is 11.7 Å². The zero-order chi connectivity index (χ0) is 21.3. The van der Waals surface area contributed by atoms with Crippen LogP contribution < -0.4 is 10.2 Å². The van der Waals surface area contributed by atoms with E-state index in [0.29, 0.717) is 12.2 Å². The van der Waals surface area contributed by atoms with Crippen LogP contribution in [0.25, 0.3) is 0 Å². The molecule has 0 radical (unpaired) electrons. The first kappa shape index (κ1) is 20.7. The molecule has 1 aliphatic carbocycles. The molecule has 1 atom stereocenters. The van der Waals surface area contributed by atoms with E-state index in [-0.39, 0.29) is 12.0 Å². The topological polar surface area (TPSA) is 48.4 Å². The monoisotopic (exact) mass is 417 g/mol.